The standard InChI is InChI=1S/C15H21FN2O2/c1-11(2)20-15(19)17-12-6-7-14(13(16)10-12)18-8-4-3-5-9-18/h6-7,10-11H,3-5,8-9H2,1-2H3,(H,17,19). The molecule has 110 valence electrons. The first-order chi connectivity index (χ1) is 9.56. The largest absolute Gasteiger partial charge is 0.447 e. The molecule has 0 aromatic heterocycles. The fraction of sp³-hybridized carbons (Fsp3) is 0.533. The van der Waals surface area contributed by atoms with Crippen LogP contribution in [0.25, 0.3) is 0 Å². The van der Waals surface area contributed by atoms with Gasteiger partial charge in [0, 0.05) is 18.8 Å². The molecule has 1 aromatic carbocycles. The third-order valence-corrected chi connectivity index (χ3v) is 3.23. The van der Waals surface area contributed by atoms with Gasteiger partial charge in [-0.25, -0.2) is 9.18 Å². The first kappa shape index (κ1) is 14.6. The van der Waals surface area contributed by atoms with Crippen molar-refractivity contribution in [2.75, 3.05) is 23.3 Å². The van der Waals surface area contributed by atoms with E-state index in [1.54, 1.807) is 26.0 Å². The van der Waals surface area contributed by atoms with Gasteiger partial charge in [-0.1, -0.05) is 0 Å². The van der Waals surface area contributed by atoms with E-state index in [-0.39, 0.29) is 11.9 Å². The Bertz CT molecular complexity index is 471. The van der Waals surface area contributed by atoms with Crippen LogP contribution >= 0.6 is 0 Å². The molecule has 0 unspecified atom stereocenters. The lowest BCUT2D eigenvalue weighted by molar-refractivity contribution is 0.130. The lowest BCUT2D eigenvalue weighted by Gasteiger charge is -2.29. The van der Waals surface area contributed by atoms with Crippen molar-refractivity contribution in [3.63, 3.8) is 0 Å². The normalized spacial score (nSPS) is 15.3. The number of carbonyl (C=O) groups excluding carboxylic acids is 1. The Hall–Kier alpha value is -1.78. The summed E-state index contributed by atoms with van der Waals surface area (Å²) in [5, 5.41) is 2.52. The van der Waals surface area contributed by atoms with Crippen molar-refractivity contribution in [3.05, 3.63) is 24.0 Å². The van der Waals surface area contributed by atoms with E-state index < -0.39 is 6.09 Å². The Labute approximate surface area is 118 Å². The van der Waals surface area contributed by atoms with Gasteiger partial charge in [0.1, 0.15) is 5.82 Å². The lowest BCUT2D eigenvalue weighted by atomic mass is 10.1. The van der Waals surface area contributed by atoms with Crippen LogP contribution in [0.3, 0.4) is 0 Å². The Kier molecular flexibility index (Phi) is 4.82. The number of ether oxygens (including phenoxy) is 1. The van der Waals surface area contributed by atoms with E-state index in [4.69, 9.17) is 4.74 Å². The molecular weight excluding hydrogens is 259 g/mol. The van der Waals surface area contributed by atoms with Crippen LogP contribution < -0.4 is 10.2 Å². The van der Waals surface area contributed by atoms with Crippen LogP contribution in [0.1, 0.15) is 33.1 Å². The highest BCUT2D eigenvalue weighted by molar-refractivity contribution is 5.85. The molecule has 2 rings (SSSR count). The molecule has 0 aliphatic carbocycles. The van der Waals surface area contributed by atoms with Crippen molar-refractivity contribution >= 4 is 17.5 Å². The zero-order chi connectivity index (χ0) is 14.5. The molecule has 1 heterocycles. The van der Waals surface area contributed by atoms with E-state index in [9.17, 15) is 9.18 Å². The van der Waals surface area contributed by atoms with Crippen LogP contribution in [-0.4, -0.2) is 25.3 Å². The highest BCUT2D eigenvalue weighted by atomic mass is 19.1. The Balaban J connectivity index is 2.03. The maximum Gasteiger partial charge on any atom is 0.411 e. The molecule has 1 amide bonds. The van der Waals surface area contributed by atoms with Gasteiger partial charge >= 0.3 is 6.09 Å². The van der Waals surface area contributed by atoms with Crippen molar-refractivity contribution in [1.82, 2.24) is 0 Å². The summed E-state index contributed by atoms with van der Waals surface area (Å²) in [6.07, 6.45) is 2.64. The predicted molar refractivity (Wildman–Crippen MR) is 77.7 cm³/mol. The average Bonchev–Trinajstić information content (AvgIpc) is 2.38. The number of nitrogens with zero attached hydrogens (tertiary/aromatic N) is 1. The van der Waals surface area contributed by atoms with E-state index in [0.29, 0.717) is 11.4 Å². The van der Waals surface area contributed by atoms with Crippen LogP contribution in [-0.2, 0) is 4.74 Å². The Morgan fingerprint density at radius 1 is 1.30 bits per heavy atom. The van der Waals surface area contributed by atoms with Crippen molar-refractivity contribution in [2.24, 2.45) is 0 Å². The highest BCUT2D eigenvalue weighted by Gasteiger charge is 2.15. The van der Waals surface area contributed by atoms with Gasteiger partial charge in [-0.05, 0) is 51.3 Å². The molecule has 1 aliphatic rings. The van der Waals surface area contributed by atoms with Crippen molar-refractivity contribution in [3.8, 4) is 0 Å². The zero-order valence-corrected chi connectivity index (χ0v) is 12.0. The number of benzene rings is 1. The second-order valence-corrected chi connectivity index (χ2v) is 5.29. The molecule has 0 bridgehead atoms. The first-order valence-corrected chi connectivity index (χ1v) is 7.08. The Morgan fingerprint density at radius 3 is 2.60 bits per heavy atom. The third-order valence-electron chi connectivity index (χ3n) is 3.23. The number of rotatable bonds is 3. The zero-order valence-electron chi connectivity index (χ0n) is 12.0. The molecule has 0 atom stereocenters. The maximum absolute atomic E-state index is 14.1. The molecule has 4 nitrogen and oxygen atoms in total. The van der Waals surface area contributed by atoms with Gasteiger partial charge in [0.2, 0.25) is 0 Å². The van der Waals surface area contributed by atoms with Crippen LogP contribution in [0.5, 0.6) is 0 Å². The summed E-state index contributed by atoms with van der Waals surface area (Å²) in [5.74, 6) is -0.311. The monoisotopic (exact) mass is 280 g/mol. The molecule has 20 heavy (non-hydrogen) atoms. The summed E-state index contributed by atoms with van der Waals surface area (Å²) in [4.78, 5) is 13.5. The molecule has 0 saturated carbocycles. The highest BCUT2D eigenvalue weighted by Crippen LogP contribution is 2.25. The van der Waals surface area contributed by atoms with E-state index in [0.717, 1.165) is 25.9 Å². The van der Waals surface area contributed by atoms with E-state index in [1.165, 1.54) is 12.5 Å². The molecule has 1 saturated heterocycles. The minimum Gasteiger partial charge on any atom is -0.447 e. The van der Waals surface area contributed by atoms with Crippen molar-refractivity contribution < 1.29 is 13.9 Å². The number of nitrogens with one attached hydrogen (secondary N) is 1. The van der Waals surface area contributed by atoms with Crippen molar-refractivity contribution in [1.29, 1.82) is 0 Å². The van der Waals surface area contributed by atoms with E-state index in [2.05, 4.69) is 10.2 Å². The summed E-state index contributed by atoms with van der Waals surface area (Å²) in [6.45, 7) is 5.30. The van der Waals surface area contributed by atoms with Crippen LogP contribution in [0.4, 0.5) is 20.6 Å². The molecule has 1 aliphatic heterocycles. The summed E-state index contributed by atoms with van der Waals surface area (Å²) < 4.78 is 19.1. The summed E-state index contributed by atoms with van der Waals surface area (Å²) in [7, 11) is 0. The second kappa shape index (κ2) is 6.59. The molecule has 1 fully saturated rings. The second-order valence-electron chi connectivity index (χ2n) is 5.29. The quantitative estimate of drug-likeness (QED) is 0.916. The molecule has 1 aromatic rings. The minimum absolute atomic E-state index is 0.201. The van der Waals surface area contributed by atoms with Crippen molar-refractivity contribution in [2.45, 2.75) is 39.2 Å². The number of carbonyl (C=O) groups is 1. The SMILES string of the molecule is CC(C)OC(=O)Nc1ccc(N2CCCCC2)c(F)c1. The lowest BCUT2D eigenvalue weighted by Crippen LogP contribution is -2.30. The Morgan fingerprint density at radius 2 is 2.00 bits per heavy atom. The summed E-state index contributed by atoms with van der Waals surface area (Å²) >= 11 is 0. The van der Waals surface area contributed by atoms with Crippen LogP contribution in [0.2, 0.25) is 0 Å². The van der Waals surface area contributed by atoms with Gasteiger partial charge in [-0.3, -0.25) is 5.32 Å². The summed E-state index contributed by atoms with van der Waals surface area (Å²) in [6, 6.07) is 4.76. The maximum atomic E-state index is 14.1. The number of piperidine rings is 1. The van der Waals surface area contributed by atoms with Gasteiger partial charge in [0.15, 0.2) is 0 Å². The van der Waals surface area contributed by atoms with Gasteiger partial charge in [0.25, 0.3) is 0 Å². The van der Waals surface area contributed by atoms with Crippen LogP contribution in [0.15, 0.2) is 18.2 Å². The fourth-order valence-electron chi connectivity index (χ4n) is 2.34. The number of anilines is 2. The number of hydrogen-bond acceptors (Lipinski definition) is 3. The smallest absolute Gasteiger partial charge is 0.411 e. The molecule has 0 spiro atoms. The first-order valence-electron chi connectivity index (χ1n) is 7.08. The minimum atomic E-state index is -0.565. The van der Waals surface area contributed by atoms with Crippen LogP contribution in [0, 0.1) is 5.82 Å². The predicted octanol–water partition coefficient (Wildman–Crippen LogP) is 3.77. The van der Waals surface area contributed by atoms with Gasteiger partial charge in [-0.15, -0.1) is 0 Å². The molecule has 0 radical (unpaired) electrons. The molecule has 5 heteroatoms. The van der Waals surface area contributed by atoms with E-state index >= 15 is 0 Å². The number of hydrogen-bond donors (Lipinski definition) is 1. The number of amides is 1. The van der Waals surface area contributed by atoms with Gasteiger partial charge in [-0.2, -0.15) is 0 Å². The third kappa shape index (κ3) is 3.85. The topological polar surface area (TPSA) is 41.6 Å². The molecular formula is C15H21FN2O2. The van der Waals surface area contributed by atoms with Gasteiger partial charge in [0.05, 0.1) is 11.8 Å². The fourth-order valence-corrected chi connectivity index (χ4v) is 2.34. The molecule has 1 N–H and O–H groups in total. The average molecular weight is 280 g/mol. The summed E-state index contributed by atoms with van der Waals surface area (Å²) in [5.41, 5.74) is 1.02. The number of halogens is 1. The van der Waals surface area contributed by atoms with Gasteiger partial charge < -0.3 is 9.64 Å². The van der Waals surface area contributed by atoms with E-state index in [1.807, 2.05) is 0 Å².